The Balaban J connectivity index is 2.73. The monoisotopic (exact) mass is 329 g/mol. The largest absolute Gasteiger partial charge is 0.416 e. The first-order chi connectivity index (χ1) is 9.42. The van der Waals surface area contributed by atoms with Crippen molar-refractivity contribution >= 4 is 24.0 Å². The molecule has 21 heavy (non-hydrogen) atoms. The first-order valence-corrected chi connectivity index (χ1v) is 11.9. The Labute approximate surface area is 130 Å². The van der Waals surface area contributed by atoms with E-state index in [0.717, 1.165) is 11.8 Å². The Morgan fingerprint density at radius 1 is 1.19 bits per heavy atom. The minimum absolute atomic E-state index is 0.178. The standard InChI is InChI=1S/C15H27NO3SSi/c1-15(2,3)21(5,6)19-12-11-13-9-7-8-10-14(13)16-20(4,17)18/h7-10,16H,11-12H2,1-6H3. The number of anilines is 1. The average molecular weight is 330 g/mol. The van der Waals surface area contributed by atoms with Crippen molar-refractivity contribution in [3.63, 3.8) is 0 Å². The predicted molar refractivity (Wildman–Crippen MR) is 91.8 cm³/mol. The van der Waals surface area contributed by atoms with E-state index in [1.54, 1.807) is 6.07 Å². The van der Waals surface area contributed by atoms with Gasteiger partial charge in [-0.3, -0.25) is 4.72 Å². The van der Waals surface area contributed by atoms with Crippen LogP contribution >= 0.6 is 0 Å². The zero-order chi connectivity index (χ0) is 16.3. The van der Waals surface area contributed by atoms with Crippen molar-refractivity contribution < 1.29 is 12.8 Å². The van der Waals surface area contributed by atoms with Crippen molar-refractivity contribution in [1.29, 1.82) is 0 Å². The topological polar surface area (TPSA) is 55.4 Å². The molecule has 1 aromatic carbocycles. The molecule has 0 aliphatic heterocycles. The number of hydrogen-bond donors (Lipinski definition) is 1. The van der Waals surface area contributed by atoms with Crippen LogP contribution in [0.15, 0.2) is 24.3 Å². The second-order valence-electron chi connectivity index (χ2n) is 6.89. The summed E-state index contributed by atoms with van der Waals surface area (Å²) in [6.07, 6.45) is 1.86. The summed E-state index contributed by atoms with van der Waals surface area (Å²) in [6.45, 7) is 11.7. The Hall–Kier alpha value is -0.853. The molecule has 1 rings (SSSR count). The molecule has 0 bridgehead atoms. The van der Waals surface area contributed by atoms with Gasteiger partial charge < -0.3 is 4.43 Å². The summed E-state index contributed by atoms with van der Waals surface area (Å²) < 4.78 is 31.5. The van der Waals surface area contributed by atoms with E-state index in [1.165, 1.54) is 0 Å². The Morgan fingerprint density at radius 3 is 2.29 bits per heavy atom. The molecule has 0 aliphatic carbocycles. The number of nitrogens with one attached hydrogen (secondary N) is 1. The van der Waals surface area contributed by atoms with E-state index in [0.29, 0.717) is 18.7 Å². The summed E-state index contributed by atoms with van der Waals surface area (Å²) in [5.74, 6) is 0. The van der Waals surface area contributed by atoms with Gasteiger partial charge in [-0.05, 0) is 36.2 Å². The van der Waals surface area contributed by atoms with Crippen molar-refractivity contribution in [1.82, 2.24) is 0 Å². The maximum Gasteiger partial charge on any atom is 0.229 e. The van der Waals surface area contributed by atoms with Gasteiger partial charge in [0.05, 0.1) is 11.9 Å². The second kappa shape index (κ2) is 6.50. The van der Waals surface area contributed by atoms with Crippen LogP contribution in [-0.4, -0.2) is 29.6 Å². The Kier molecular flexibility index (Phi) is 5.63. The van der Waals surface area contributed by atoms with Gasteiger partial charge in [0.1, 0.15) is 0 Å². The van der Waals surface area contributed by atoms with Gasteiger partial charge in [-0.25, -0.2) is 8.42 Å². The molecule has 0 spiro atoms. The zero-order valence-corrected chi connectivity index (χ0v) is 15.7. The van der Waals surface area contributed by atoms with E-state index >= 15 is 0 Å². The molecular weight excluding hydrogens is 302 g/mol. The van der Waals surface area contributed by atoms with Crippen LogP contribution in [0.1, 0.15) is 26.3 Å². The van der Waals surface area contributed by atoms with Crippen LogP contribution in [0.3, 0.4) is 0 Å². The summed E-state index contributed by atoms with van der Waals surface area (Å²) in [7, 11) is -5.02. The SMILES string of the molecule is CC(C)(C)[Si](C)(C)OCCc1ccccc1NS(C)(=O)=O. The molecule has 0 fully saturated rings. The maximum absolute atomic E-state index is 11.4. The summed E-state index contributed by atoms with van der Waals surface area (Å²) in [5, 5.41) is 0.178. The molecule has 120 valence electrons. The van der Waals surface area contributed by atoms with Gasteiger partial charge in [0.25, 0.3) is 0 Å². The fourth-order valence-corrected chi connectivity index (χ4v) is 3.31. The normalized spacial score (nSPS) is 13.2. The fourth-order valence-electron chi connectivity index (χ4n) is 1.67. The highest BCUT2D eigenvalue weighted by molar-refractivity contribution is 7.92. The summed E-state index contributed by atoms with van der Waals surface area (Å²) in [6, 6.07) is 7.45. The van der Waals surface area contributed by atoms with Crippen molar-refractivity contribution in [2.24, 2.45) is 0 Å². The highest BCUT2D eigenvalue weighted by atomic mass is 32.2. The van der Waals surface area contributed by atoms with Gasteiger partial charge in [0.2, 0.25) is 10.0 Å². The van der Waals surface area contributed by atoms with Gasteiger partial charge in [0, 0.05) is 6.61 Å². The van der Waals surface area contributed by atoms with Crippen LogP contribution in [0.5, 0.6) is 0 Å². The highest BCUT2D eigenvalue weighted by Gasteiger charge is 2.36. The molecule has 0 saturated heterocycles. The molecule has 0 radical (unpaired) electrons. The molecule has 0 saturated carbocycles. The average Bonchev–Trinajstić information content (AvgIpc) is 2.27. The molecule has 1 N–H and O–H groups in total. The van der Waals surface area contributed by atoms with Gasteiger partial charge in [-0.2, -0.15) is 0 Å². The van der Waals surface area contributed by atoms with Crippen LogP contribution in [0.25, 0.3) is 0 Å². The molecule has 4 nitrogen and oxygen atoms in total. The lowest BCUT2D eigenvalue weighted by Crippen LogP contribution is -2.41. The minimum atomic E-state index is -3.26. The van der Waals surface area contributed by atoms with Crippen molar-refractivity contribution in [3.8, 4) is 0 Å². The van der Waals surface area contributed by atoms with Crippen molar-refractivity contribution in [2.75, 3.05) is 17.6 Å². The third kappa shape index (κ3) is 5.80. The predicted octanol–water partition coefficient (Wildman–Crippen LogP) is 3.62. The molecule has 0 unspecified atom stereocenters. The molecular formula is C15H27NO3SSi. The summed E-state index contributed by atoms with van der Waals surface area (Å²) in [5.41, 5.74) is 1.60. The Bertz CT molecular complexity index is 577. The molecule has 1 aromatic rings. The molecule has 6 heteroatoms. The van der Waals surface area contributed by atoms with E-state index in [2.05, 4.69) is 38.6 Å². The maximum atomic E-state index is 11.4. The van der Waals surface area contributed by atoms with Crippen molar-refractivity contribution in [2.45, 2.75) is 45.3 Å². The summed E-state index contributed by atoms with van der Waals surface area (Å²) >= 11 is 0. The molecule has 0 amide bonds. The second-order valence-corrected chi connectivity index (χ2v) is 13.4. The fraction of sp³-hybridized carbons (Fsp3) is 0.600. The van der Waals surface area contributed by atoms with Crippen LogP contribution in [-0.2, 0) is 20.9 Å². The number of rotatable bonds is 6. The van der Waals surface area contributed by atoms with Gasteiger partial charge in [0.15, 0.2) is 8.32 Å². The molecule has 0 aliphatic rings. The van der Waals surface area contributed by atoms with E-state index in [9.17, 15) is 8.42 Å². The van der Waals surface area contributed by atoms with Gasteiger partial charge in [-0.15, -0.1) is 0 Å². The van der Waals surface area contributed by atoms with E-state index in [4.69, 9.17) is 4.43 Å². The first-order valence-electron chi connectivity index (χ1n) is 7.12. The number of benzene rings is 1. The minimum Gasteiger partial charge on any atom is -0.416 e. The van der Waals surface area contributed by atoms with Crippen LogP contribution in [0.4, 0.5) is 5.69 Å². The lowest BCUT2D eigenvalue weighted by atomic mass is 10.1. The number of sulfonamides is 1. The molecule has 0 atom stereocenters. The number of para-hydroxylation sites is 1. The number of hydrogen-bond acceptors (Lipinski definition) is 3. The van der Waals surface area contributed by atoms with Crippen molar-refractivity contribution in [3.05, 3.63) is 29.8 Å². The molecule has 0 heterocycles. The van der Waals surface area contributed by atoms with E-state index < -0.39 is 18.3 Å². The van der Waals surface area contributed by atoms with Crippen LogP contribution in [0.2, 0.25) is 18.1 Å². The van der Waals surface area contributed by atoms with Gasteiger partial charge >= 0.3 is 0 Å². The Morgan fingerprint density at radius 2 is 1.76 bits per heavy atom. The smallest absolute Gasteiger partial charge is 0.229 e. The first kappa shape index (κ1) is 18.2. The van der Waals surface area contributed by atoms with Crippen LogP contribution < -0.4 is 4.72 Å². The third-order valence-corrected chi connectivity index (χ3v) is 9.08. The third-order valence-electron chi connectivity index (χ3n) is 3.95. The lowest BCUT2D eigenvalue weighted by molar-refractivity contribution is 0.292. The molecule has 0 aromatic heterocycles. The van der Waals surface area contributed by atoms with Gasteiger partial charge in [-0.1, -0.05) is 39.0 Å². The van der Waals surface area contributed by atoms with E-state index in [1.807, 2.05) is 18.2 Å². The highest BCUT2D eigenvalue weighted by Crippen LogP contribution is 2.36. The summed E-state index contributed by atoms with van der Waals surface area (Å²) in [4.78, 5) is 0. The van der Waals surface area contributed by atoms with Crippen LogP contribution in [0, 0.1) is 0 Å². The zero-order valence-electron chi connectivity index (χ0n) is 13.9. The lowest BCUT2D eigenvalue weighted by Gasteiger charge is -2.36. The van der Waals surface area contributed by atoms with E-state index in [-0.39, 0.29) is 5.04 Å². The quantitative estimate of drug-likeness (QED) is 0.811.